The average Bonchev–Trinajstić information content (AvgIpc) is 2.59. The van der Waals surface area contributed by atoms with Gasteiger partial charge in [0, 0.05) is 0 Å². The lowest BCUT2D eigenvalue weighted by atomic mass is 10.0. The second-order valence-electron chi connectivity index (χ2n) is 4.88. The zero-order valence-corrected chi connectivity index (χ0v) is 12.2. The van der Waals surface area contributed by atoms with E-state index in [2.05, 4.69) is 0 Å². The van der Waals surface area contributed by atoms with Crippen LogP contribution in [0.2, 0.25) is 0 Å². The molecule has 3 rings (SSSR count). The standard InChI is InChI=1S/C17H16O5/c1-19-14-6-2-3-7-15(14)21-22-17(18)13-9-8-12-5-4-10-20-16(12)11-13/h2-3,6-9,11H,4-5,10H2,1H3. The Morgan fingerprint density at radius 3 is 2.77 bits per heavy atom. The number of hydrogen-bond acceptors (Lipinski definition) is 5. The molecule has 0 N–H and O–H groups in total. The smallest absolute Gasteiger partial charge is 0.386 e. The van der Waals surface area contributed by atoms with Crippen LogP contribution in [0.4, 0.5) is 0 Å². The Bertz CT molecular complexity index is 680. The Balaban J connectivity index is 1.69. The zero-order valence-electron chi connectivity index (χ0n) is 12.2. The van der Waals surface area contributed by atoms with Crippen LogP contribution in [0.25, 0.3) is 0 Å². The molecule has 0 spiro atoms. The monoisotopic (exact) mass is 300 g/mol. The van der Waals surface area contributed by atoms with Crippen molar-refractivity contribution in [2.45, 2.75) is 12.8 Å². The predicted molar refractivity (Wildman–Crippen MR) is 79.3 cm³/mol. The van der Waals surface area contributed by atoms with Crippen molar-refractivity contribution in [3.8, 4) is 17.2 Å². The van der Waals surface area contributed by atoms with Gasteiger partial charge >= 0.3 is 5.97 Å². The molecular weight excluding hydrogens is 284 g/mol. The molecule has 5 heteroatoms. The molecule has 2 aromatic carbocycles. The molecule has 1 aliphatic heterocycles. The van der Waals surface area contributed by atoms with Crippen molar-refractivity contribution in [2.75, 3.05) is 13.7 Å². The normalized spacial score (nSPS) is 12.8. The molecule has 0 aliphatic carbocycles. The largest absolute Gasteiger partial charge is 0.493 e. The van der Waals surface area contributed by atoms with Crippen LogP contribution in [0.5, 0.6) is 17.2 Å². The molecular formula is C17H16O5. The summed E-state index contributed by atoms with van der Waals surface area (Å²) in [5, 5.41) is 0. The predicted octanol–water partition coefficient (Wildman–Crippen LogP) is 3.17. The summed E-state index contributed by atoms with van der Waals surface area (Å²) in [6.07, 6.45) is 1.95. The number of ether oxygens (including phenoxy) is 2. The van der Waals surface area contributed by atoms with Gasteiger partial charge in [-0.25, -0.2) is 9.68 Å². The summed E-state index contributed by atoms with van der Waals surface area (Å²) < 4.78 is 10.7. The maximum Gasteiger partial charge on any atom is 0.386 e. The highest BCUT2D eigenvalue weighted by Gasteiger charge is 2.16. The number of benzene rings is 2. The number of para-hydroxylation sites is 2. The molecule has 2 aromatic rings. The van der Waals surface area contributed by atoms with Crippen LogP contribution in [0.3, 0.4) is 0 Å². The molecule has 0 bridgehead atoms. The van der Waals surface area contributed by atoms with E-state index in [1.165, 1.54) is 7.11 Å². The van der Waals surface area contributed by atoms with E-state index in [1.807, 2.05) is 6.07 Å². The van der Waals surface area contributed by atoms with Gasteiger partial charge in [0.05, 0.1) is 19.3 Å². The Morgan fingerprint density at radius 1 is 1.14 bits per heavy atom. The first-order chi connectivity index (χ1) is 10.8. The van der Waals surface area contributed by atoms with Gasteiger partial charge in [-0.05, 0) is 42.7 Å². The third-order valence-corrected chi connectivity index (χ3v) is 3.43. The Kier molecular flexibility index (Phi) is 4.14. The lowest BCUT2D eigenvalue weighted by Gasteiger charge is -2.17. The molecule has 0 atom stereocenters. The maximum atomic E-state index is 12.1. The number of carbonyl (C=O) groups excluding carboxylic acids is 1. The molecule has 1 heterocycles. The first-order valence-corrected chi connectivity index (χ1v) is 7.05. The third-order valence-electron chi connectivity index (χ3n) is 3.43. The van der Waals surface area contributed by atoms with Crippen molar-refractivity contribution < 1.29 is 24.0 Å². The Labute approximate surface area is 128 Å². The molecule has 22 heavy (non-hydrogen) atoms. The van der Waals surface area contributed by atoms with Gasteiger partial charge < -0.3 is 9.47 Å². The number of carbonyl (C=O) groups is 1. The quantitative estimate of drug-likeness (QED) is 0.641. The zero-order chi connectivity index (χ0) is 15.4. The van der Waals surface area contributed by atoms with Gasteiger partial charge in [-0.15, -0.1) is 0 Å². The fourth-order valence-corrected chi connectivity index (χ4v) is 2.29. The van der Waals surface area contributed by atoms with Crippen molar-refractivity contribution in [1.29, 1.82) is 0 Å². The van der Waals surface area contributed by atoms with Crippen LogP contribution >= 0.6 is 0 Å². The minimum atomic E-state index is -0.581. The second kappa shape index (κ2) is 6.39. The molecule has 0 unspecified atom stereocenters. The SMILES string of the molecule is COc1ccccc1OOC(=O)c1ccc2c(c1)OCCC2. The summed E-state index contributed by atoms with van der Waals surface area (Å²) in [5.74, 6) is 0.984. The maximum absolute atomic E-state index is 12.1. The van der Waals surface area contributed by atoms with Crippen molar-refractivity contribution in [1.82, 2.24) is 0 Å². The first kappa shape index (κ1) is 14.3. The van der Waals surface area contributed by atoms with Crippen LogP contribution in [0.1, 0.15) is 22.3 Å². The molecule has 114 valence electrons. The van der Waals surface area contributed by atoms with Crippen molar-refractivity contribution in [3.63, 3.8) is 0 Å². The lowest BCUT2D eigenvalue weighted by Crippen LogP contribution is -2.12. The van der Waals surface area contributed by atoms with Crippen LogP contribution in [-0.4, -0.2) is 19.7 Å². The van der Waals surface area contributed by atoms with Crippen molar-refractivity contribution >= 4 is 5.97 Å². The number of aryl methyl sites for hydroxylation is 1. The molecule has 1 aliphatic rings. The highest BCUT2D eigenvalue weighted by Crippen LogP contribution is 2.28. The van der Waals surface area contributed by atoms with Gasteiger partial charge in [0.2, 0.25) is 5.75 Å². The summed E-state index contributed by atoms with van der Waals surface area (Å²) in [6, 6.07) is 12.2. The fourth-order valence-electron chi connectivity index (χ4n) is 2.29. The minimum absolute atomic E-state index is 0.340. The lowest BCUT2D eigenvalue weighted by molar-refractivity contribution is -0.150. The number of fused-ring (bicyclic) bond motifs is 1. The fraction of sp³-hybridized carbons (Fsp3) is 0.235. The van der Waals surface area contributed by atoms with Crippen LogP contribution in [-0.2, 0) is 11.3 Å². The second-order valence-corrected chi connectivity index (χ2v) is 4.88. The van der Waals surface area contributed by atoms with Crippen LogP contribution in [0.15, 0.2) is 42.5 Å². The van der Waals surface area contributed by atoms with Crippen molar-refractivity contribution in [2.24, 2.45) is 0 Å². The topological polar surface area (TPSA) is 54.0 Å². The molecule has 0 aromatic heterocycles. The number of methoxy groups -OCH3 is 1. The van der Waals surface area contributed by atoms with Gasteiger partial charge in [-0.2, -0.15) is 0 Å². The molecule has 0 fully saturated rings. The molecule has 0 amide bonds. The molecule has 0 saturated heterocycles. The van der Waals surface area contributed by atoms with E-state index >= 15 is 0 Å². The van der Waals surface area contributed by atoms with Crippen LogP contribution in [0, 0.1) is 0 Å². The van der Waals surface area contributed by atoms with Gasteiger partial charge in [0.25, 0.3) is 0 Å². The van der Waals surface area contributed by atoms with Crippen molar-refractivity contribution in [3.05, 3.63) is 53.6 Å². The van der Waals surface area contributed by atoms with Gasteiger partial charge in [-0.1, -0.05) is 18.2 Å². The molecule has 0 saturated carbocycles. The first-order valence-electron chi connectivity index (χ1n) is 7.05. The number of hydrogen-bond donors (Lipinski definition) is 0. The molecule has 5 nitrogen and oxygen atoms in total. The minimum Gasteiger partial charge on any atom is -0.493 e. The summed E-state index contributed by atoms with van der Waals surface area (Å²) >= 11 is 0. The highest BCUT2D eigenvalue weighted by molar-refractivity contribution is 5.89. The molecule has 0 radical (unpaired) electrons. The van der Waals surface area contributed by atoms with E-state index in [9.17, 15) is 4.79 Å². The van der Waals surface area contributed by atoms with E-state index in [0.29, 0.717) is 23.7 Å². The summed E-state index contributed by atoms with van der Waals surface area (Å²) in [6.45, 7) is 0.670. The Morgan fingerprint density at radius 2 is 1.95 bits per heavy atom. The third kappa shape index (κ3) is 2.98. The van der Waals surface area contributed by atoms with E-state index in [-0.39, 0.29) is 0 Å². The van der Waals surface area contributed by atoms with Gasteiger partial charge in [0.15, 0.2) is 5.75 Å². The Hall–Kier alpha value is -2.69. The van der Waals surface area contributed by atoms with Gasteiger partial charge in [0.1, 0.15) is 5.75 Å². The highest BCUT2D eigenvalue weighted by atomic mass is 17.2. The summed E-state index contributed by atoms with van der Waals surface area (Å²) in [7, 11) is 1.52. The average molecular weight is 300 g/mol. The van der Waals surface area contributed by atoms with E-state index < -0.39 is 5.97 Å². The number of rotatable bonds is 4. The van der Waals surface area contributed by atoms with E-state index in [1.54, 1.807) is 36.4 Å². The summed E-state index contributed by atoms with van der Waals surface area (Å²) in [4.78, 5) is 22.0. The summed E-state index contributed by atoms with van der Waals surface area (Å²) in [5.41, 5.74) is 1.49. The van der Waals surface area contributed by atoms with Gasteiger partial charge in [-0.3, -0.25) is 4.89 Å². The van der Waals surface area contributed by atoms with Crippen LogP contribution < -0.4 is 14.4 Å². The van der Waals surface area contributed by atoms with E-state index in [0.717, 1.165) is 24.2 Å². The van der Waals surface area contributed by atoms with E-state index in [4.69, 9.17) is 19.2 Å².